The molecule has 4 rings (SSSR count). The molecule has 0 saturated heterocycles. The van der Waals surface area contributed by atoms with Crippen molar-refractivity contribution in [3.8, 4) is 11.5 Å². The van der Waals surface area contributed by atoms with E-state index >= 15 is 0 Å². The summed E-state index contributed by atoms with van der Waals surface area (Å²) in [6.07, 6.45) is 7.64. The van der Waals surface area contributed by atoms with E-state index in [0.29, 0.717) is 0 Å². The van der Waals surface area contributed by atoms with Crippen LogP contribution in [0.4, 0.5) is 0 Å². The van der Waals surface area contributed by atoms with Gasteiger partial charge in [-0.3, -0.25) is 10.4 Å². The molecule has 4 heteroatoms. The maximum atomic E-state index is 6.21. The fourth-order valence-corrected chi connectivity index (χ4v) is 3.41. The molecule has 27 heavy (non-hydrogen) atoms. The molecule has 0 amide bonds. The molecular weight excluding hydrogens is 334 g/mol. The third kappa shape index (κ3) is 3.91. The summed E-state index contributed by atoms with van der Waals surface area (Å²) in [5.41, 5.74) is 8.28. The Balaban J connectivity index is 1.76. The van der Waals surface area contributed by atoms with E-state index in [1.54, 1.807) is 0 Å². The Morgan fingerprint density at radius 2 is 1.74 bits per heavy atom. The van der Waals surface area contributed by atoms with E-state index in [0.717, 1.165) is 42.3 Å². The van der Waals surface area contributed by atoms with Gasteiger partial charge in [0.1, 0.15) is 11.5 Å². The number of nitrogens with zero attached hydrogens (tertiary/aromatic N) is 2. The number of rotatable bonds is 4. The molecule has 0 fully saturated rings. The zero-order valence-corrected chi connectivity index (χ0v) is 15.9. The molecule has 0 radical (unpaired) electrons. The van der Waals surface area contributed by atoms with E-state index in [1.807, 2.05) is 54.5 Å². The van der Waals surface area contributed by atoms with Gasteiger partial charge in [-0.1, -0.05) is 36.4 Å². The highest BCUT2D eigenvalue weighted by Gasteiger charge is 2.21. The first-order valence-electron chi connectivity index (χ1n) is 9.33. The van der Waals surface area contributed by atoms with Gasteiger partial charge < -0.3 is 9.64 Å². The highest BCUT2D eigenvalue weighted by molar-refractivity contribution is 5.78. The molecule has 4 nitrogen and oxygen atoms in total. The van der Waals surface area contributed by atoms with Crippen LogP contribution in [0.3, 0.4) is 0 Å². The number of para-hydroxylation sites is 2. The number of ether oxygens (including phenoxy) is 1. The summed E-state index contributed by atoms with van der Waals surface area (Å²) in [4.78, 5) is 2.34. The largest absolute Gasteiger partial charge is 0.457 e. The average Bonchev–Trinajstić information content (AvgIpc) is 2.70. The fourth-order valence-electron chi connectivity index (χ4n) is 3.41. The van der Waals surface area contributed by atoms with Crippen LogP contribution in [-0.2, 0) is 0 Å². The third-order valence-electron chi connectivity index (χ3n) is 4.91. The van der Waals surface area contributed by atoms with Crippen LogP contribution in [0.1, 0.15) is 12.0 Å². The van der Waals surface area contributed by atoms with Crippen molar-refractivity contribution < 1.29 is 4.74 Å². The SMILES string of the molecule is CN1CC=C(C2=C(c3ccccc3Oc3ccccc3)NN(C)C=C2)CC1. The number of allylic oxidation sites excluding steroid dienone is 2. The Morgan fingerprint density at radius 3 is 2.52 bits per heavy atom. The highest BCUT2D eigenvalue weighted by atomic mass is 16.5. The monoisotopic (exact) mass is 359 g/mol. The minimum atomic E-state index is 0.838. The number of benzene rings is 2. The molecule has 2 aliphatic heterocycles. The van der Waals surface area contributed by atoms with Crippen molar-refractivity contribution in [1.82, 2.24) is 15.3 Å². The molecule has 2 aliphatic rings. The fraction of sp³-hybridized carbons (Fsp3) is 0.217. The summed E-state index contributed by atoms with van der Waals surface area (Å²) in [6, 6.07) is 18.1. The van der Waals surface area contributed by atoms with E-state index < -0.39 is 0 Å². The maximum Gasteiger partial charge on any atom is 0.136 e. The normalized spacial score (nSPS) is 17.6. The first-order chi connectivity index (χ1) is 13.2. The van der Waals surface area contributed by atoms with Crippen LogP contribution in [0.25, 0.3) is 5.70 Å². The lowest BCUT2D eigenvalue weighted by atomic mass is 9.94. The molecule has 0 atom stereocenters. The van der Waals surface area contributed by atoms with Gasteiger partial charge in [0.05, 0.1) is 5.70 Å². The van der Waals surface area contributed by atoms with Crippen molar-refractivity contribution in [3.63, 3.8) is 0 Å². The lowest BCUT2D eigenvalue weighted by molar-refractivity contribution is 0.359. The number of hydrogen-bond acceptors (Lipinski definition) is 4. The standard InChI is InChI=1S/C23H25N3O/c1-25-15-12-18(13-16-25)20-14-17-26(2)24-23(20)21-10-6-7-11-22(21)27-19-8-4-3-5-9-19/h3-12,14,17,24H,13,15-16H2,1-2H3. The molecule has 0 aliphatic carbocycles. The van der Waals surface area contributed by atoms with Gasteiger partial charge in [0, 0.05) is 37.5 Å². The molecule has 0 aromatic heterocycles. The van der Waals surface area contributed by atoms with Gasteiger partial charge in [-0.2, -0.15) is 0 Å². The number of hydrazine groups is 1. The van der Waals surface area contributed by atoms with Crippen LogP contribution in [0.5, 0.6) is 11.5 Å². The second kappa shape index (κ2) is 7.72. The molecule has 0 spiro atoms. The van der Waals surface area contributed by atoms with Crippen molar-refractivity contribution in [2.24, 2.45) is 0 Å². The van der Waals surface area contributed by atoms with E-state index in [9.17, 15) is 0 Å². The predicted octanol–water partition coefficient (Wildman–Crippen LogP) is 4.42. The van der Waals surface area contributed by atoms with Crippen LogP contribution >= 0.6 is 0 Å². The zero-order valence-electron chi connectivity index (χ0n) is 15.9. The molecule has 138 valence electrons. The van der Waals surface area contributed by atoms with Gasteiger partial charge in [0.25, 0.3) is 0 Å². The average molecular weight is 359 g/mol. The number of hydrogen-bond donors (Lipinski definition) is 1. The van der Waals surface area contributed by atoms with Crippen LogP contribution in [0.2, 0.25) is 0 Å². The Kier molecular flexibility index (Phi) is 4.99. The van der Waals surface area contributed by atoms with Gasteiger partial charge in [0.15, 0.2) is 0 Å². The van der Waals surface area contributed by atoms with Crippen molar-refractivity contribution in [3.05, 3.63) is 89.7 Å². The highest BCUT2D eigenvalue weighted by Crippen LogP contribution is 2.35. The molecule has 0 bridgehead atoms. The first kappa shape index (κ1) is 17.4. The Hall–Kier alpha value is -2.98. The van der Waals surface area contributed by atoms with Gasteiger partial charge in [0.2, 0.25) is 0 Å². The third-order valence-corrected chi connectivity index (χ3v) is 4.91. The van der Waals surface area contributed by atoms with Crippen molar-refractivity contribution in [1.29, 1.82) is 0 Å². The lowest BCUT2D eigenvalue weighted by Gasteiger charge is -2.30. The molecule has 0 saturated carbocycles. The first-order valence-corrected chi connectivity index (χ1v) is 9.33. The topological polar surface area (TPSA) is 27.7 Å². The van der Waals surface area contributed by atoms with E-state index in [-0.39, 0.29) is 0 Å². The Labute approximate surface area is 161 Å². The second-order valence-electron chi connectivity index (χ2n) is 6.98. The summed E-state index contributed by atoms with van der Waals surface area (Å²) in [7, 11) is 4.17. The summed E-state index contributed by atoms with van der Waals surface area (Å²) >= 11 is 0. The molecule has 1 N–H and O–H groups in total. The van der Waals surface area contributed by atoms with Crippen LogP contribution in [0, 0.1) is 0 Å². The maximum absolute atomic E-state index is 6.21. The smallest absolute Gasteiger partial charge is 0.136 e. The van der Waals surface area contributed by atoms with Crippen LogP contribution in [0.15, 0.2) is 84.1 Å². The zero-order chi connectivity index (χ0) is 18.6. The summed E-state index contributed by atoms with van der Waals surface area (Å²) in [6.45, 7) is 2.06. The van der Waals surface area contributed by atoms with E-state index in [1.165, 1.54) is 11.1 Å². The van der Waals surface area contributed by atoms with E-state index in [2.05, 4.69) is 47.9 Å². The Bertz CT molecular complexity index is 899. The van der Waals surface area contributed by atoms with Crippen molar-refractivity contribution in [2.75, 3.05) is 27.2 Å². The van der Waals surface area contributed by atoms with Gasteiger partial charge >= 0.3 is 0 Å². The molecular formula is C23H25N3O. The summed E-state index contributed by atoms with van der Waals surface area (Å²) < 4.78 is 6.21. The minimum absolute atomic E-state index is 0.838. The lowest BCUT2D eigenvalue weighted by Crippen LogP contribution is -2.32. The van der Waals surface area contributed by atoms with E-state index in [4.69, 9.17) is 4.74 Å². The van der Waals surface area contributed by atoms with Crippen molar-refractivity contribution in [2.45, 2.75) is 6.42 Å². The van der Waals surface area contributed by atoms with Crippen LogP contribution in [-0.4, -0.2) is 37.1 Å². The van der Waals surface area contributed by atoms with Gasteiger partial charge in [-0.05, 0) is 49.4 Å². The molecule has 2 aromatic carbocycles. The van der Waals surface area contributed by atoms with Crippen molar-refractivity contribution >= 4 is 5.70 Å². The predicted molar refractivity (Wildman–Crippen MR) is 110 cm³/mol. The molecule has 0 unspecified atom stereocenters. The number of likely N-dealkylation sites (N-methyl/N-ethyl adjacent to an activating group) is 1. The molecule has 2 aromatic rings. The molecule has 2 heterocycles. The minimum Gasteiger partial charge on any atom is -0.457 e. The van der Waals surface area contributed by atoms with Crippen LogP contribution < -0.4 is 10.2 Å². The van der Waals surface area contributed by atoms with Gasteiger partial charge in [-0.15, -0.1) is 0 Å². The Morgan fingerprint density at radius 1 is 0.963 bits per heavy atom. The quantitative estimate of drug-likeness (QED) is 0.875. The van der Waals surface area contributed by atoms with Gasteiger partial charge in [-0.25, -0.2) is 0 Å². The summed E-state index contributed by atoms with van der Waals surface area (Å²) in [5, 5.41) is 1.98. The second-order valence-corrected chi connectivity index (χ2v) is 6.98. The number of nitrogens with one attached hydrogen (secondary N) is 1. The summed E-state index contributed by atoms with van der Waals surface area (Å²) in [5.74, 6) is 1.69.